The fourth-order valence-corrected chi connectivity index (χ4v) is 4.87. The molecule has 192 valence electrons. The third-order valence-electron chi connectivity index (χ3n) is 7.04. The number of benzene rings is 1. The van der Waals surface area contributed by atoms with Crippen LogP contribution < -0.4 is 18.9 Å². The number of carbonyl (C=O) groups is 2. The summed E-state index contributed by atoms with van der Waals surface area (Å²) in [4.78, 5) is 38.1. The lowest BCUT2D eigenvalue weighted by Gasteiger charge is -2.39. The highest BCUT2D eigenvalue weighted by atomic mass is 16.5. The van der Waals surface area contributed by atoms with E-state index in [1.54, 1.807) is 44.7 Å². The van der Waals surface area contributed by atoms with E-state index in [4.69, 9.17) is 18.9 Å². The monoisotopic (exact) mass is 496 g/mol. The summed E-state index contributed by atoms with van der Waals surface area (Å²) in [5, 5.41) is 0. The second-order valence-electron chi connectivity index (χ2n) is 9.02. The van der Waals surface area contributed by atoms with Crippen molar-refractivity contribution in [1.29, 1.82) is 0 Å². The first-order valence-corrected chi connectivity index (χ1v) is 11.9. The van der Waals surface area contributed by atoms with Gasteiger partial charge in [0, 0.05) is 38.5 Å². The summed E-state index contributed by atoms with van der Waals surface area (Å²) in [5.74, 6) is 1.36. The highest BCUT2D eigenvalue weighted by Gasteiger charge is 2.42. The molecular weight excluding hydrogens is 464 g/mol. The summed E-state index contributed by atoms with van der Waals surface area (Å²) in [6.45, 7) is 2.64. The number of rotatable bonds is 7. The first kappa shape index (κ1) is 25.3. The van der Waals surface area contributed by atoms with Gasteiger partial charge in [0.1, 0.15) is 11.5 Å². The summed E-state index contributed by atoms with van der Waals surface area (Å²) < 4.78 is 21.0. The van der Waals surface area contributed by atoms with Crippen LogP contribution in [-0.2, 0) is 4.79 Å². The Labute approximate surface area is 210 Å². The lowest BCUT2D eigenvalue weighted by atomic mass is 9.77. The molecular formula is C26H32N4O6. The van der Waals surface area contributed by atoms with Crippen molar-refractivity contribution in [2.45, 2.75) is 19.3 Å². The van der Waals surface area contributed by atoms with Crippen LogP contribution in [0.4, 0.5) is 0 Å². The van der Waals surface area contributed by atoms with Crippen LogP contribution in [0.15, 0.2) is 30.5 Å². The molecule has 2 saturated heterocycles. The van der Waals surface area contributed by atoms with Crippen molar-refractivity contribution in [3.05, 3.63) is 41.6 Å². The zero-order valence-corrected chi connectivity index (χ0v) is 21.2. The van der Waals surface area contributed by atoms with Gasteiger partial charge in [0.05, 0.1) is 39.6 Å². The summed E-state index contributed by atoms with van der Waals surface area (Å²) in [6, 6.07) is 5.44. The molecule has 2 aliphatic rings. The van der Waals surface area contributed by atoms with E-state index in [0.29, 0.717) is 54.7 Å². The highest BCUT2D eigenvalue weighted by Crippen LogP contribution is 2.41. The zero-order chi connectivity index (χ0) is 25.7. The standard InChI is InChI=1S/C26H32N4O6/c1-33-19-6-7-21(34-2)20(15-19)24(32)29-12-9-26(10-13-29)11-14-30(17-26)22(31)8-5-18-16-27-25(36-4)28-23(18)35-3/h5-8,15-16H,9-14,17H2,1-4H3. The zero-order valence-electron chi connectivity index (χ0n) is 21.2. The normalized spacial score (nSPS) is 16.9. The van der Waals surface area contributed by atoms with Crippen LogP contribution in [-0.4, -0.2) is 86.2 Å². The van der Waals surface area contributed by atoms with Gasteiger partial charge in [-0.3, -0.25) is 9.59 Å². The van der Waals surface area contributed by atoms with Gasteiger partial charge in [0.2, 0.25) is 11.8 Å². The molecule has 0 saturated carbocycles. The minimum absolute atomic E-state index is 0.0274. The molecule has 0 aliphatic carbocycles. The number of methoxy groups -OCH3 is 4. The van der Waals surface area contributed by atoms with Crippen molar-refractivity contribution in [1.82, 2.24) is 19.8 Å². The predicted molar refractivity (Wildman–Crippen MR) is 132 cm³/mol. The summed E-state index contributed by atoms with van der Waals surface area (Å²) in [5.41, 5.74) is 1.12. The lowest BCUT2D eigenvalue weighted by Crippen LogP contribution is -2.44. The van der Waals surface area contributed by atoms with E-state index in [2.05, 4.69) is 9.97 Å². The number of aromatic nitrogens is 2. The molecule has 10 heteroatoms. The SMILES string of the molecule is COc1ccc(OC)c(C(=O)N2CCC3(CCN(C(=O)C=Cc4cnc(OC)nc4OC)C3)CC2)c1. The minimum atomic E-state index is -0.0654. The van der Waals surface area contributed by atoms with Crippen LogP contribution in [0.25, 0.3) is 6.08 Å². The number of hydrogen-bond donors (Lipinski definition) is 0. The molecule has 0 unspecified atom stereocenters. The van der Waals surface area contributed by atoms with Crippen LogP contribution in [0, 0.1) is 5.41 Å². The maximum atomic E-state index is 13.2. The Morgan fingerprint density at radius 2 is 1.67 bits per heavy atom. The van der Waals surface area contributed by atoms with Crippen molar-refractivity contribution in [2.75, 3.05) is 54.6 Å². The van der Waals surface area contributed by atoms with Gasteiger partial charge in [-0.05, 0) is 49.0 Å². The molecule has 1 spiro atoms. The van der Waals surface area contributed by atoms with Gasteiger partial charge < -0.3 is 28.7 Å². The van der Waals surface area contributed by atoms with Gasteiger partial charge in [0.15, 0.2) is 0 Å². The van der Waals surface area contributed by atoms with Gasteiger partial charge in [-0.1, -0.05) is 0 Å². The smallest absolute Gasteiger partial charge is 0.319 e. The molecule has 0 radical (unpaired) electrons. The first-order valence-electron chi connectivity index (χ1n) is 11.9. The Morgan fingerprint density at radius 3 is 2.31 bits per heavy atom. The number of ether oxygens (including phenoxy) is 4. The molecule has 10 nitrogen and oxygen atoms in total. The van der Waals surface area contributed by atoms with Gasteiger partial charge in [-0.25, -0.2) is 4.98 Å². The molecule has 0 bridgehead atoms. The quantitative estimate of drug-likeness (QED) is 0.539. The maximum absolute atomic E-state index is 13.2. The third kappa shape index (κ3) is 5.22. The van der Waals surface area contributed by atoms with Gasteiger partial charge in [-0.2, -0.15) is 4.98 Å². The molecule has 0 atom stereocenters. The van der Waals surface area contributed by atoms with Gasteiger partial charge >= 0.3 is 6.01 Å². The van der Waals surface area contributed by atoms with E-state index in [1.807, 2.05) is 9.80 Å². The van der Waals surface area contributed by atoms with Crippen molar-refractivity contribution < 1.29 is 28.5 Å². The number of likely N-dealkylation sites (tertiary alicyclic amines) is 2. The molecule has 2 amide bonds. The van der Waals surface area contributed by atoms with Crippen LogP contribution in [0.1, 0.15) is 35.2 Å². The van der Waals surface area contributed by atoms with Crippen molar-refractivity contribution in [3.8, 4) is 23.4 Å². The number of piperidine rings is 1. The molecule has 3 heterocycles. The third-order valence-corrected chi connectivity index (χ3v) is 7.04. The average Bonchev–Trinajstić information content (AvgIpc) is 3.34. The molecule has 4 rings (SSSR count). The molecule has 36 heavy (non-hydrogen) atoms. The second kappa shape index (κ2) is 10.8. The van der Waals surface area contributed by atoms with E-state index in [1.165, 1.54) is 20.3 Å². The Balaban J connectivity index is 1.36. The van der Waals surface area contributed by atoms with Crippen LogP contribution in [0.3, 0.4) is 0 Å². The number of nitrogens with zero attached hydrogens (tertiary/aromatic N) is 4. The highest BCUT2D eigenvalue weighted by molar-refractivity contribution is 5.97. The topological polar surface area (TPSA) is 103 Å². The van der Waals surface area contributed by atoms with Crippen molar-refractivity contribution in [2.24, 2.45) is 5.41 Å². The van der Waals surface area contributed by atoms with Gasteiger partial charge in [0.25, 0.3) is 5.91 Å². The fraction of sp³-hybridized carbons (Fsp3) is 0.462. The largest absolute Gasteiger partial charge is 0.497 e. The van der Waals surface area contributed by atoms with E-state index < -0.39 is 0 Å². The van der Waals surface area contributed by atoms with Crippen molar-refractivity contribution >= 4 is 17.9 Å². The summed E-state index contributed by atoms with van der Waals surface area (Å²) >= 11 is 0. The Morgan fingerprint density at radius 1 is 0.944 bits per heavy atom. The van der Waals surface area contributed by atoms with Gasteiger partial charge in [-0.15, -0.1) is 0 Å². The first-order chi connectivity index (χ1) is 17.4. The van der Waals surface area contributed by atoms with Crippen molar-refractivity contribution in [3.63, 3.8) is 0 Å². The summed E-state index contributed by atoms with van der Waals surface area (Å²) in [7, 11) is 6.12. The molecule has 1 aromatic carbocycles. The van der Waals surface area contributed by atoms with E-state index >= 15 is 0 Å². The van der Waals surface area contributed by atoms with Crippen LogP contribution in [0.2, 0.25) is 0 Å². The maximum Gasteiger partial charge on any atom is 0.319 e. The van der Waals surface area contributed by atoms with Crippen LogP contribution in [0.5, 0.6) is 23.4 Å². The molecule has 2 aliphatic heterocycles. The second-order valence-corrected chi connectivity index (χ2v) is 9.02. The lowest BCUT2D eigenvalue weighted by molar-refractivity contribution is -0.125. The minimum Gasteiger partial charge on any atom is -0.497 e. The summed E-state index contributed by atoms with van der Waals surface area (Å²) in [6.07, 6.45) is 7.36. The Kier molecular flexibility index (Phi) is 7.61. The average molecular weight is 497 g/mol. The van der Waals surface area contributed by atoms with E-state index in [9.17, 15) is 9.59 Å². The number of amides is 2. The number of carbonyl (C=O) groups excluding carboxylic acids is 2. The molecule has 0 N–H and O–H groups in total. The van der Waals surface area contributed by atoms with E-state index in [0.717, 1.165) is 19.3 Å². The molecule has 2 fully saturated rings. The van der Waals surface area contributed by atoms with E-state index in [-0.39, 0.29) is 23.2 Å². The predicted octanol–water partition coefficient (Wildman–Crippen LogP) is 2.68. The fourth-order valence-electron chi connectivity index (χ4n) is 4.87. The number of hydrogen-bond acceptors (Lipinski definition) is 8. The Bertz CT molecular complexity index is 1140. The Hall–Kier alpha value is -3.82. The van der Waals surface area contributed by atoms with Crippen LogP contribution >= 0.6 is 0 Å². The molecule has 1 aromatic heterocycles. The molecule has 2 aromatic rings.